The van der Waals surface area contributed by atoms with Crippen LogP contribution in [0.15, 0.2) is 66.3 Å². The van der Waals surface area contributed by atoms with Crippen LogP contribution in [0.3, 0.4) is 0 Å². The maximum absolute atomic E-state index is 14.4. The number of fused-ring (bicyclic) bond motifs is 3. The fraction of sp³-hybridized carbons (Fsp3) is 0.513. The Morgan fingerprint density at radius 2 is 1.63 bits per heavy atom. The topological polar surface area (TPSA) is 176 Å². The highest BCUT2D eigenvalue weighted by Gasteiger charge is 2.62. The first-order chi connectivity index (χ1) is 25.7. The summed E-state index contributed by atoms with van der Waals surface area (Å²) in [5, 5.41) is 7.88. The van der Waals surface area contributed by atoms with Crippen molar-refractivity contribution in [2.24, 2.45) is 11.1 Å². The third-order valence-electron chi connectivity index (χ3n) is 10.1. The van der Waals surface area contributed by atoms with Gasteiger partial charge in [0.15, 0.2) is 0 Å². The second-order valence-corrected chi connectivity index (χ2v) is 17.4. The molecule has 5 amide bonds. The molecule has 3 fully saturated rings. The second-order valence-electron chi connectivity index (χ2n) is 15.5. The van der Waals surface area contributed by atoms with Crippen molar-refractivity contribution in [1.82, 2.24) is 25.4 Å². The number of oxime groups is 1. The molecular formula is C39H50N6O8S. The first kappa shape index (κ1) is 38.8. The molecular weight excluding hydrogens is 713 g/mol. The molecule has 0 radical (unpaired) electrons. The summed E-state index contributed by atoms with van der Waals surface area (Å²) < 4.78 is 33.0. The van der Waals surface area contributed by atoms with E-state index in [0.29, 0.717) is 25.0 Å². The number of hydrogen-bond acceptors (Lipinski definition) is 9. The Bertz CT molecular complexity index is 1890. The summed E-state index contributed by atoms with van der Waals surface area (Å²) >= 11 is 0. The number of amides is 5. The number of nitrogens with one attached hydrogen (secondary N) is 3. The van der Waals surface area contributed by atoms with E-state index < -0.39 is 68.4 Å². The number of unbranched alkanes of at least 4 members (excludes halogenated alkanes) is 3. The number of sulfonamides is 1. The Hall–Kier alpha value is -4.92. The van der Waals surface area contributed by atoms with Gasteiger partial charge in [-0.3, -0.25) is 14.3 Å². The molecule has 0 aromatic heterocycles. The minimum Gasteiger partial charge on any atom is -0.443 e. The summed E-state index contributed by atoms with van der Waals surface area (Å²) in [5.74, 6) is -2.04. The summed E-state index contributed by atoms with van der Waals surface area (Å²) in [4.78, 5) is 62.5. The normalized spacial score (nSPS) is 22.7. The Balaban J connectivity index is 1.27. The number of carbonyl (C=O) groups excluding carboxylic acids is 4. The molecule has 1 heterocycles. The van der Waals surface area contributed by atoms with Crippen LogP contribution in [0.1, 0.15) is 90.2 Å². The number of carbonyl (C=O) groups is 4. The van der Waals surface area contributed by atoms with Gasteiger partial charge in [-0.15, -0.1) is 6.58 Å². The molecule has 4 aliphatic rings. The highest BCUT2D eigenvalue weighted by Crippen LogP contribution is 2.45. The van der Waals surface area contributed by atoms with Gasteiger partial charge < -0.3 is 19.8 Å². The van der Waals surface area contributed by atoms with E-state index in [1.165, 1.54) is 11.0 Å². The average molecular weight is 763 g/mol. The quantitative estimate of drug-likeness (QED) is 0.124. The van der Waals surface area contributed by atoms with Gasteiger partial charge in [-0.1, -0.05) is 85.9 Å². The summed E-state index contributed by atoms with van der Waals surface area (Å²) in [6, 6.07) is 13.8. The molecule has 0 spiro atoms. The molecule has 15 heteroatoms. The van der Waals surface area contributed by atoms with Gasteiger partial charge in [0.2, 0.25) is 15.9 Å². The summed E-state index contributed by atoms with van der Waals surface area (Å²) in [6.45, 7) is 11.0. The van der Waals surface area contributed by atoms with Crippen molar-refractivity contribution in [3.05, 3.63) is 72.3 Å². The highest BCUT2D eigenvalue weighted by molar-refractivity contribution is 7.91. The van der Waals surface area contributed by atoms with Crippen LogP contribution in [0.25, 0.3) is 11.1 Å². The van der Waals surface area contributed by atoms with Gasteiger partial charge in [0.1, 0.15) is 29.0 Å². The third-order valence-corrected chi connectivity index (χ3v) is 11.9. The van der Waals surface area contributed by atoms with Crippen LogP contribution in [-0.2, 0) is 29.2 Å². The third kappa shape index (κ3) is 8.40. The number of benzene rings is 2. The van der Waals surface area contributed by atoms with Gasteiger partial charge in [0, 0.05) is 30.0 Å². The molecule has 1 saturated heterocycles. The zero-order chi connectivity index (χ0) is 38.8. The zero-order valence-corrected chi connectivity index (χ0v) is 32.1. The van der Waals surface area contributed by atoms with E-state index in [9.17, 15) is 27.6 Å². The Morgan fingerprint density at radius 3 is 2.19 bits per heavy atom. The SMILES string of the molecule is C=C[C@@H]1CC1(NC(=O)[C@@H]1CC(ON=C2c3ccccc3-c3ccccc32)CN1C(=O)N(CCCCCC)NC(=O)OC(C)(C)C)C(=O)NS(=O)(=O)C1CC1. The number of likely N-dealkylation sites (tertiary alicyclic amines) is 1. The van der Waals surface area contributed by atoms with E-state index in [1.54, 1.807) is 20.8 Å². The van der Waals surface area contributed by atoms with Crippen molar-refractivity contribution in [2.45, 2.75) is 108 Å². The molecule has 14 nitrogen and oxygen atoms in total. The van der Waals surface area contributed by atoms with Crippen molar-refractivity contribution in [2.75, 3.05) is 13.1 Å². The maximum atomic E-state index is 14.4. The van der Waals surface area contributed by atoms with Crippen LogP contribution >= 0.6 is 0 Å². The lowest BCUT2D eigenvalue weighted by atomic mass is 10.1. The van der Waals surface area contributed by atoms with Gasteiger partial charge in [-0.05, 0) is 57.6 Å². The van der Waals surface area contributed by atoms with E-state index in [2.05, 4.69) is 34.1 Å². The zero-order valence-electron chi connectivity index (χ0n) is 31.3. The molecule has 2 saturated carbocycles. The van der Waals surface area contributed by atoms with Crippen molar-refractivity contribution in [3.63, 3.8) is 0 Å². The first-order valence-electron chi connectivity index (χ1n) is 18.7. The molecule has 0 bridgehead atoms. The van der Waals surface area contributed by atoms with Crippen LogP contribution in [0.4, 0.5) is 9.59 Å². The second kappa shape index (κ2) is 15.4. The molecule has 4 atom stereocenters. The van der Waals surface area contributed by atoms with Crippen LogP contribution in [0, 0.1) is 5.92 Å². The molecule has 6 rings (SSSR count). The Labute approximate surface area is 316 Å². The largest absolute Gasteiger partial charge is 0.443 e. The number of ether oxygens (including phenoxy) is 1. The molecule has 290 valence electrons. The molecule has 1 aliphatic heterocycles. The average Bonchev–Trinajstić information content (AvgIpc) is 4.03. The molecule has 54 heavy (non-hydrogen) atoms. The van der Waals surface area contributed by atoms with Gasteiger partial charge in [0.25, 0.3) is 5.91 Å². The van der Waals surface area contributed by atoms with Crippen molar-refractivity contribution in [3.8, 4) is 11.1 Å². The number of nitrogens with zero attached hydrogens (tertiary/aromatic N) is 3. The lowest BCUT2D eigenvalue weighted by Crippen LogP contribution is -2.59. The van der Waals surface area contributed by atoms with Crippen LogP contribution in [0.2, 0.25) is 0 Å². The van der Waals surface area contributed by atoms with Gasteiger partial charge >= 0.3 is 12.1 Å². The summed E-state index contributed by atoms with van der Waals surface area (Å²) in [7, 11) is -3.90. The van der Waals surface area contributed by atoms with E-state index in [1.807, 2.05) is 48.5 Å². The van der Waals surface area contributed by atoms with Gasteiger partial charge in [-0.2, -0.15) is 0 Å². The van der Waals surface area contributed by atoms with E-state index in [-0.39, 0.29) is 25.9 Å². The van der Waals surface area contributed by atoms with E-state index in [4.69, 9.17) is 9.57 Å². The standard InChI is InChI=1S/C39H50N6O8S/c1-6-8-9-14-21-45(41-36(48)52-38(3,4)5)37(49)44-24-26(53-42-33-30-17-12-10-15-28(30)29-16-11-13-18-31(29)33)22-32(44)34(46)40-39(23-25(39)7-2)35(47)43-54(50,51)27-19-20-27/h7,10-13,15-18,25-27,32H,2,6,8-9,14,19-24H2,1,3-5H3,(H,40,46)(H,41,48)(H,43,47)/t25-,26?,32+,39?/m1/s1. The van der Waals surface area contributed by atoms with Crippen LogP contribution < -0.4 is 15.5 Å². The Morgan fingerprint density at radius 1 is 1.00 bits per heavy atom. The predicted molar refractivity (Wildman–Crippen MR) is 202 cm³/mol. The minimum atomic E-state index is -3.90. The summed E-state index contributed by atoms with van der Waals surface area (Å²) in [6.07, 6.45) is 4.25. The van der Waals surface area contributed by atoms with Crippen molar-refractivity contribution < 1.29 is 37.2 Å². The molecule has 2 unspecified atom stereocenters. The van der Waals surface area contributed by atoms with E-state index in [0.717, 1.165) is 46.5 Å². The van der Waals surface area contributed by atoms with Gasteiger partial charge in [-0.25, -0.2) is 28.4 Å². The van der Waals surface area contributed by atoms with Crippen molar-refractivity contribution in [1.29, 1.82) is 0 Å². The maximum Gasteiger partial charge on any atom is 0.426 e. The van der Waals surface area contributed by atoms with Crippen molar-refractivity contribution >= 4 is 39.7 Å². The fourth-order valence-electron chi connectivity index (χ4n) is 7.03. The number of rotatable bonds is 13. The predicted octanol–water partition coefficient (Wildman–Crippen LogP) is 4.99. The number of hydrogen-bond donors (Lipinski definition) is 3. The minimum absolute atomic E-state index is 0.00455. The Kier molecular flexibility index (Phi) is 11.1. The molecule has 3 N–H and O–H groups in total. The number of hydrazine groups is 1. The first-order valence-corrected chi connectivity index (χ1v) is 20.2. The van der Waals surface area contributed by atoms with Gasteiger partial charge in [0.05, 0.1) is 11.8 Å². The van der Waals surface area contributed by atoms with E-state index >= 15 is 0 Å². The van der Waals surface area contributed by atoms with Crippen LogP contribution in [0.5, 0.6) is 0 Å². The monoisotopic (exact) mass is 762 g/mol. The molecule has 3 aliphatic carbocycles. The fourth-order valence-corrected chi connectivity index (χ4v) is 8.40. The summed E-state index contributed by atoms with van der Waals surface area (Å²) in [5.41, 5.74) is 4.60. The smallest absolute Gasteiger partial charge is 0.426 e. The lowest BCUT2D eigenvalue weighted by Gasteiger charge is -2.32. The highest BCUT2D eigenvalue weighted by atomic mass is 32.2. The van der Waals surface area contributed by atoms with Crippen LogP contribution in [-0.4, -0.2) is 89.6 Å². The lowest BCUT2D eigenvalue weighted by molar-refractivity contribution is -0.131. The molecule has 2 aromatic carbocycles. The number of urea groups is 1. The molecule has 2 aromatic rings.